The van der Waals surface area contributed by atoms with Crippen molar-refractivity contribution in [2.75, 3.05) is 17.7 Å². The summed E-state index contributed by atoms with van der Waals surface area (Å²) in [6.07, 6.45) is 1.53. The largest absolute Gasteiger partial charge is 0.387 e. The van der Waals surface area contributed by atoms with Crippen molar-refractivity contribution in [3.63, 3.8) is 0 Å². The molecule has 0 aromatic carbocycles. The Hall–Kier alpha value is -2.37. The lowest BCUT2D eigenvalue weighted by molar-refractivity contribution is 0.102. The van der Waals surface area contributed by atoms with Gasteiger partial charge in [-0.3, -0.25) is 9.78 Å². The molecule has 2 heterocycles. The quantitative estimate of drug-likeness (QED) is 0.865. The number of hydrogen-bond donors (Lipinski definition) is 2. The van der Waals surface area contributed by atoms with E-state index in [2.05, 4.69) is 20.8 Å². The highest BCUT2D eigenvalue weighted by atomic mass is 16.5. The van der Waals surface area contributed by atoms with Crippen molar-refractivity contribution in [3.8, 4) is 0 Å². The molecule has 2 N–H and O–H groups in total. The first-order valence-corrected chi connectivity index (χ1v) is 5.49. The maximum Gasteiger partial charge on any atom is 0.260 e. The minimum Gasteiger partial charge on any atom is -0.387 e. The summed E-state index contributed by atoms with van der Waals surface area (Å²) in [7, 11) is 1.76. The van der Waals surface area contributed by atoms with Crippen LogP contribution in [0.1, 0.15) is 21.8 Å². The Morgan fingerprint density at radius 2 is 2.11 bits per heavy atom. The molecule has 6 heteroatoms. The average Bonchev–Trinajstić information content (AvgIpc) is 2.74. The summed E-state index contributed by atoms with van der Waals surface area (Å²) in [4.78, 5) is 16.2. The molecule has 94 valence electrons. The van der Waals surface area contributed by atoms with Gasteiger partial charge in [-0.25, -0.2) is 0 Å². The van der Waals surface area contributed by atoms with E-state index in [4.69, 9.17) is 4.52 Å². The number of pyridine rings is 1. The summed E-state index contributed by atoms with van der Waals surface area (Å²) in [6, 6.07) is 3.46. The van der Waals surface area contributed by atoms with Crippen molar-refractivity contribution in [1.29, 1.82) is 0 Å². The third kappa shape index (κ3) is 2.48. The number of carbonyl (C=O) groups is 1. The lowest BCUT2D eigenvalue weighted by Gasteiger charge is -2.08. The zero-order chi connectivity index (χ0) is 13.1. The van der Waals surface area contributed by atoms with Crippen molar-refractivity contribution in [2.24, 2.45) is 0 Å². The van der Waals surface area contributed by atoms with Crippen LogP contribution in [-0.2, 0) is 0 Å². The maximum absolute atomic E-state index is 12.0. The molecular formula is C12H14N4O2. The molecule has 18 heavy (non-hydrogen) atoms. The maximum atomic E-state index is 12.0. The predicted molar refractivity (Wildman–Crippen MR) is 67.7 cm³/mol. The highest BCUT2D eigenvalue weighted by molar-refractivity contribution is 6.07. The lowest BCUT2D eigenvalue weighted by atomic mass is 10.2. The highest BCUT2D eigenvalue weighted by Gasteiger charge is 2.13. The molecule has 0 aliphatic rings. The van der Waals surface area contributed by atoms with E-state index in [1.54, 1.807) is 20.0 Å². The van der Waals surface area contributed by atoms with Gasteiger partial charge < -0.3 is 15.2 Å². The Morgan fingerprint density at radius 3 is 2.72 bits per heavy atom. The van der Waals surface area contributed by atoms with Crippen molar-refractivity contribution >= 4 is 17.4 Å². The normalized spacial score (nSPS) is 10.2. The van der Waals surface area contributed by atoms with E-state index in [0.717, 1.165) is 11.4 Å². The third-order valence-corrected chi connectivity index (χ3v) is 2.42. The molecule has 0 aliphatic carbocycles. The minimum absolute atomic E-state index is 0.278. The lowest BCUT2D eigenvalue weighted by Crippen LogP contribution is -2.14. The molecule has 0 saturated carbocycles. The van der Waals surface area contributed by atoms with Gasteiger partial charge >= 0.3 is 0 Å². The monoisotopic (exact) mass is 246 g/mol. The van der Waals surface area contributed by atoms with Crippen LogP contribution in [0.5, 0.6) is 0 Å². The van der Waals surface area contributed by atoms with Gasteiger partial charge in [-0.05, 0) is 19.9 Å². The molecular weight excluding hydrogens is 232 g/mol. The van der Waals surface area contributed by atoms with Gasteiger partial charge in [0.15, 0.2) is 5.82 Å². The zero-order valence-corrected chi connectivity index (χ0v) is 10.4. The summed E-state index contributed by atoms with van der Waals surface area (Å²) in [5.41, 5.74) is 2.03. The van der Waals surface area contributed by atoms with Crippen LogP contribution in [0.25, 0.3) is 0 Å². The van der Waals surface area contributed by atoms with E-state index in [9.17, 15) is 4.79 Å². The van der Waals surface area contributed by atoms with Crippen molar-refractivity contribution in [2.45, 2.75) is 13.8 Å². The second-order valence-electron chi connectivity index (χ2n) is 3.90. The fourth-order valence-corrected chi connectivity index (χ4v) is 1.56. The Kier molecular flexibility index (Phi) is 3.27. The predicted octanol–water partition coefficient (Wildman–Crippen LogP) is 1.98. The van der Waals surface area contributed by atoms with Gasteiger partial charge in [0.25, 0.3) is 5.91 Å². The van der Waals surface area contributed by atoms with Crippen molar-refractivity contribution in [1.82, 2.24) is 10.1 Å². The van der Waals surface area contributed by atoms with E-state index in [1.165, 1.54) is 6.20 Å². The van der Waals surface area contributed by atoms with E-state index in [1.807, 2.05) is 13.0 Å². The molecule has 0 bridgehead atoms. The molecule has 0 fully saturated rings. The number of anilines is 2. The van der Waals surface area contributed by atoms with Gasteiger partial charge in [0.2, 0.25) is 0 Å². The van der Waals surface area contributed by atoms with E-state index >= 15 is 0 Å². The second-order valence-corrected chi connectivity index (χ2v) is 3.90. The first kappa shape index (κ1) is 12.1. The molecule has 0 saturated heterocycles. The van der Waals surface area contributed by atoms with Crippen LogP contribution in [0.15, 0.2) is 22.9 Å². The van der Waals surface area contributed by atoms with Gasteiger partial charge in [-0.2, -0.15) is 0 Å². The number of rotatable bonds is 3. The van der Waals surface area contributed by atoms with Crippen molar-refractivity contribution < 1.29 is 9.32 Å². The van der Waals surface area contributed by atoms with Crippen LogP contribution in [0.4, 0.5) is 11.5 Å². The van der Waals surface area contributed by atoms with Crippen LogP contribution in [0, 0.1) is 13.8 Å². The van der Waals surface area contributed by atoms with E-state index in [0.29, 0.717) is 17.1 Å². The average molecular weight is 246 g/mol. The summed E-state index contributed by atoms with van der Waals surface area (Å²) in [5, 5.41) is 9.32. The molecule has 6 nitrogen and oxygen atoms in total. The summed E-state index contributed by atoms with van der Waals surface area (Å²) < 4.78 is 4.88. The molecule has 0 atom stereocenters. The number of carbonyl (C=O) groups excluding carboxylic acids is 1. The van der Waals surface area contributed by atoms with E-state index < -0.39 is 0 Å². The topological polar surface area (TPSA) is 80.0 Å². The van der Waals surface area contributed by atoms with Gasteiger partial charge in [0, 0.05) is 25.0 Å². The van der Waals surface area contributed by atoms with Gasteiger partial charge in [0.1, 0.15) is 5.76 Å². The molecule has 1 amide bonds. The molecule has 2 aromatic heterocycles. The van der Waals surface area contributed by atoms with Gasteiger partial charge in [0.05, 0.1) is 11.3 Å². The number of aromatic nitrogens is 2. The minimum atomic E-state index is -0.278. The third-order valence-electron chi connectivity index (χ3n) is 2.42. The Balaban J connectivity index is 2.23. The highest BCUT2D eigenvalue weighted by Crippen LogP contribution is 2.17. The van der Waals surface area contributed by atoms with Crippen LogP contribution >= 0.6 is 0 Å². The number of hydrogen-bond acceptors (Lipinski definition) is 5. The summed E-state index contributed by atoms with van der Waals surface area (Å²) >= 11 is 0. The second kappa shape index (κ2) is 4.87. The van der Waals surface area contributed by atoms with Crippen LogP contribution in [-0.4, -0.2) is 23.1 Å². The number of aryl methyl sites for hydroxylation is 2. The Morgan fingerprint density at radius 1 is 1.33 bits per heavy atom. The fourth-order valence-electron chi connectivity index (χ4n) is 1.56. The number of nitrogens with one attached hydrogen (secondary N) is 2. The first-order chi connectivity index (χ1) is 8.60. The van der Waals surface area contributed by atoms with Gasteiger partial charge in [-0.1, -0.05) is 5.16 Å². The molecule has 0 radical (unpaired) electrons. The smallest absolute Gasteiger partial charge is 0.260 e. The molecule has 2 aromatic rings. The summed E-state index contributed by atoms with van der Waals surface area (Å²) in [5.74, 6) is 0.751. The van der Waals surface area contributed by atoms with Gasteiger partial charge in [-0.15, -0.1) is 0 Å². The molecule has 0 aliphatic heterocycles. The van der Waals surface area contributed by atoms with Crippen LogP contribution in [0.2, 0.25) is 0 Å². The van der Waals surface area contributed by atoms with E-state index in [-0.39, 0.29) is 5.91 Å². The number of amides is 1. The van der Waals surface area contributed by atoms with Crippen LogP contribution in [0.3, 0.4) is 0 Å². The first-order valence-electron chi connectivity index (χ1n) is 5.49. The standard InChI is InChI=1S/C12H14N4O2/c1-7-4-10(13-3)9(6-14-7)12(17)15-11-5-8(2)18-16-11/h4-6H,1-3H3,(H,13,14)(H,15,16,17). The Labute approximate surface area is 104 Å². The van der Waals surface area contributed by atoms with Crippen molar-refractivity contribution in [3.05, 3.63) is 35.3 Å². The molecule has 0 spiro atoms. The Bertz CT molecular complexity index is 577. The summed E-state index contributed by atoms with van der Waals surface area (Å²) in [6.45, 7) is 3.62. The zero-order valence-electron chi connectivity index (χ0n) is 10.4. The SMILES string of the molecule is CNc1cc(C)ncc1C(=O)Nc1cc(C)on1. The van der Waals surface area contributed by atoms with Crippen LogP contribution < -0.4 is 10.6 Å². The number of nitrogens with zero attached hydrogens (tertiary/aromatic N) is 2. The molecule has 0 unspecified atom stereocenters. The molecule has 2 rings (SSSR count). The fraction of sp³-hybridized carbons (Fsp3) is 0.250.